The molecule has 4 nitrogen and oxygen atoms in total. The minimum atomic E-state index is -0.481. The summed E-state index contributed by atoms with van der Waals surface area (Å²) >= 11 is 0. The SMILES string of the molecule is CC(C)COC(=O)C=C(C#N)c1cccc(N(C)C)c1. The summed E-state index contributed by atoms with van der Waals surface area (Å²) in [5.41, 5.74) is 1.99. The van der Waals surface area contributed by atoms with Gasteiger partial charge in [0, 0.05) is 25.9 Å². The van der Waals surface area contributed by atoms with E-state index in [0.29, 0.717) is 17.7 Å². The second-order valence-electron chi connectivity index (χ2n) is 5.14. The van der Waals surface area contributed by atoms with E-state index in [9.17, 15) is 10.1 Å². The van der Waals surface area contributed by atoms with Crippen LogP contribution in [0.5, 0.6) is 0 Å². The number of allylic oxidation sites excluding steroid dienone is 1. The Labute approximate surface area is 120 Å². The van der Waals surface area contributed by atoms with Crippen molar-refractivity contribution in [1.29, 1.82) is 5.26 Å². The van der Waals surface area contributed by atoms with Gasteiger partial charge >= 0.3 is 5.97 Å². The van der Waals surface area contributed by atoms with Gasteiger partial charge in [-0.05, 0) is 23.6 Å². The first-order valence-electron chi connectivity index (χ1n) is 6.50. The number of nitriles is 1. The van der Waals surface area contributed by atoms with E-state index in [1.165, 1.54) is 6.08 Å². The lowest BCUT2D eigenvalue weighted by Crippen LogP contribution is -2.09. The molecule has 4 heteroatoms. The third kappa shape index (κ3) is 4.77. The summed E-state index contributed by atoms with van der Waals surface area (Å²) in [6.45, 7) is 4.28. The van der Waals surface area contributed by atoms with E-state index in [4.69, 9.17) is 4.74 Å². The predicted octanol–water partition coefficient (Wildman–Crippen LogP) is 2.86. The molecule has 0 bridgehead atoms. The Kier molecular flexibility index (Phi) is 5.79. The van der Waals surface area contributed by atoms with Crippen LogP contribution >= 0.6 is 0 Å². The van der Waals surface area contributed by atoms with Gasteiger partial charge in [-0.3, -0.25) is 0 Å². The minimum absolute atomic E-state index is 0.273. The van der Waals surface area contributed by atoms with E-state index < -0.39 is 5.97 Å². The predicted molar refractivity (Wildman–Crippen MR) is 80.2 cm³/mol. The van der Waals surface area contributed by atoms with Crippen molar-refractivity contribution >= 4 is 17.2 Å². The monoisotopic (exact) mass is 272 g/mol. The molecule has 0 heterocycles. The van der Waals surface area contributed by atoms with Gasteiger partial charge in [0.15, 0.2) is 0 Å². The van der Waals surface area contributed by atoms with Crippen molar-refractivity contribution in [3.05, 3.63) is 35.9 Å². The molecule has 106 valence electrons. The molecule has 0 fully saturated rings. The van der Waals surface area contributed by atoms with Crippen molar-refractivity contribution < 1.29 is 9.53 Å². The molecule has 1 aromatic rings. The zero-order chi connectivity index (χ0) is 15.1. The molecule has 0 unspecified atom stereocenters. The summed E-state index contributed by atoms with van der Waals surface area (Å²) in [6, 6.07) is 9.51. The van der Waals surface area contributed by atoms with Crippen molar-refractivity contribution in [3.8, 4) is 6.07 Å². The number of rotatable bonds is 5. The fraction of sp³-hybridized carbons (Fsp3) is 0.375. The summed E-state index contributed by atoms with van der Waals surface area (Å²) in [4.78, 5) is 13.6. The third-order valence-electron chi connectivity index (χ3n) is 2.62. The molecule has 1 rings (SSSR count). The molecule has 0 N–H and O–H groups in total. The van der Waals surface area contributed by atoms with E-state index in [1.807, 2.05) is 57.1 Å². The zero-order valence-corrected chi connectivity index (χ0v) is 12.4. The van der Waals surface area contributed by atoms with Crippen LogP contribution in [0.25, 0.3) is 5.57 Å². The highest BCUT2D eigenvalue weighted by molar-refractivity contribution is 5.95. The van der Waals surface area contributed by atoms with E-state index >= 15 is 0 Å². The molecule has 0 aliphatic carbocycles. The first-order valence-corrected chi connectivity index (χ1v) is 6.50. The molecule has 0 saturated carbocycles. The Morgan fingerprint density at radius 2 is 2.15 bits per heavy atom. The Bertz CT molecular complexity index is 540. The maximum absolute atomic E-state index is 11.6. The smallest absolute Gasteiger partial charge is 0.332 e. The largest absolute Gasteiger partial charge is 0.462 e. The topological polar surface area (TPSA) is 53.3 Å². The fourth-order valence-corrected chi connectivity index (χ4v) is 1.54. The van der Waals surface area contributed by atoms with Crippen molar-refractivity contribution in [2.24, 2.45) is 5.92 Å². The molecule has 0 amide bonds. The normalized spacial score (nSPS) is 11.1. The van der Waals surface area contributed by atoms with Crippen LogP contribution in [0.2, 0.25) is 0 Å². The van der Waals surface area contributed by atoms with Crippen molar-refractivity contribution in [2.45, 2.75) is 13.8 Å². The molecule has 20 heavy (non-hydrogen) atoms. The first-order chi connectivity index (χ1) is 9.43. The van der Waals surface area contributed by atoms with Gasteiger partial charge in [-0.1, -0.05) is 26.0 Å². The van der Waals surface area contributed by atoms with Gasteiger partial charge in [0.25, 0.3) is 0 Å². The average Bonchev–Trinajstić information content (AvgIpc) is 2.42. The van der Waals surface area contributed by atoms with Crippen LogP contribution < -0.4 is 4.90 Å². The molecular formula is C16H20N2O2. The van der Waals surface area contributed by atoms with Gasteiger partial charge in [-0.25, -0.2) is 4.79 Å². The molecule has 0 radical (unpaired) electrons. The standard InChI is InChI=1S/C16H20N2O2/c1-12(2)11-20-16(19)9-14(10-17)13-6-5-7-15(8-13)18(3)4/h5-9,12H,11H2,1-4H3. The second-order valence-corrected chi connectivity index (χ2v) is 5.14. The molecule has 0 aromatic heterocycles. The Morgan fingerprint density at radius 3 is 2.70 bits per heavy atom. The van der Waals surface area contributed by atoms with Gasteiger partial charge in [0.05, 0.1) is 12.2 Å². The number of anilines is 1. The zero-order valence-electron chi connectivity index (χ0n) is 12.4. The van der Waals surface area contributed by atoms with E-state index in [1.54, 1.807) is 6.07 Å². The Morgan fingerprint density at radius 1 is 1.45 bits per heavy atom. The number of nitrogens with zero attached hydrogens (tertiary/aromatic N) is 2. The highest BCUT2D eigenvalue weighted by Crippen LogP contribution is 2.20. The summed E-state index contributed by atoms with van der Waals surface area (Å²) in [6.07, 6.45) is 1.25. The van der Waals surface area contributed by atoms with Gasteiger partial charge in [-0.2, -0.15) is 5.26 Å². The van der Waals surface area contributed by atoms with Crippen LogP contribution in [0, 0.1) is 17.2 Å². The number of carbonyl (C=O) groups excluding carboxylic acids is 1. The Hall–Kier alpha value is -2.28. The van der Waals surface area contributed by atoms with E-state index in [-0.39, 0.29) is 5.92 Å². The van der Waals surface area contributed by atoms with Gasteiger partial charge in [0.1, 0.15) is 6.07 Å². The van der Waals surface area contributed by atoms with Crippen molar-refractivity contribution in [1.82, 2.24) is 0 Å². The van der Waals surface area contributed by atoms with Crippen LogP contribution in [-0.2, 0) is 9.53 Å². The number of benzene rings is 1. The highest BCUT2D eigenvalue weighted by Gasteiger charge is 2.07. The lowest BCUT2D eigenvalue weighted by molar-refractivity contribution is -0.138. The van der Waals surface area contributed by atoms with Gasteiger partial charge in [-0.15, -0.1) is 0 Å². The summed E-state index contributed by atoms with van der Waals surface area (Å²) in [5.74, 6) is -0.208. The highest BCUT2D eigenvalue weighted by atomic mass is 16.5. The molecule has 0 saturated heterocycles. The minimum Gasteiger partial charge on any atom is -0.462 e. The van der Waals surface area contributed by atoms with Crippen LogP contribution in [0.4, 0.5) is 5.69 Å². The molecule has 0 aliphatic heterocycles. The van der Waals surface area contributed by atoms with Gasteiger partial charge < -0.3 is 9.64 Å². The van der Waals surface area contributed by atoms with E-state index in [2.05, 4.69) is 0 Å². The number of ether oxygens (including phenoxy) is 1. The number of esters is 1. The lowest BCUT2D eigenvalue weighted by atomic mass is 10.1. The van der Waals surface area contributed by atoms with Crippen molar-refractivity contribution in [2.75, 3.05) is 25.6 Å². The van der Waals surface area contributed by atoms with Crippen molar-refractivity contribution in [3.63, 3.8) is 0 Å². The number of hydrogen-bond acceptors (Lipinski definition) is 4. The lowest BCUT2D eigenvalue weighted by Gasteiger charge is -2.13. The fourth-order valence-electron chi connectivity index (χ4n) is 1.54. The second kappa shape index (κ2) is 7.34. The quantitative estimate of drug-likeness (QED) is 0.470. The number of hydrogen-bond donors (Lipinski definition) is 0. The molecule has 0 aliphatic rings. The molecule has 0 spiro atoms. The maximum atomic E-state index is 11.6. The average molecular weight is 272 g/mol. The molecular weight excluding hydrogens is 252 g/mol. The van der Waals surface area contributed by atoms with E-state index in [0.717, 1.165) is 5.69 Å². The number of carbonyl (C=O) groups is 1. The Balaban J connectivity index is 2.93. The van der Waals surface area contributed by atoms with Gasteiger partial charge in [0.2, 0.25) is 0 Å². The first kappa shape index (κ1) is 15.8. The third-order valence-corrected chi connectivity index (χ3v) is 2.62. The molecule has 1 aromatic carbocycles. The summed E-state index contributed by atoms with van der Waals surface area (Å²) < 4.78 is 5.06. The summed E-state index contributed by atoms with van der Waals surface area (Å²) in [5, 5.41) is 9.20. The molecule has 0 atom stereocenters. The summed E-state index contributed by atoms with van der Waals surface area (Å²) in [7, 11) is 3.84. The van der Waals surface area contributed by atoms with Crippen LogP contribution in [0.3, 0.4) is 0 Å². The van der Waals surface area contributed by atoms with Crippen LogP contribution in [-0.4, -0.2) is 26.7 Å². The van der Waals surface area contributed by atoms with Crippen LogP contribution in [0.15, 0.2) is 30.3 Å². The van der Waals surface area contributed by atoms with Crippen LogP contribution in [0.1, 0.15) is 19.4 Å². The maximum Gasteiger partial charge on any atom is 0.332 e.